The Labute approximate surface area is 188 Å². The molecule has 2 amide bonds. The van der Waals surface area contributed by atoms with Crippen molar-refractivity contribution in [1.29, 1.82) is 0 Å². The van der Waals surface area contributed by atoms with Gasteiger partial charge in [0.25, 0.3) is 11.8 Å². The number of phenols is 1. The summed E-state index contributed by atoms with van der Waals surface area (Å²) in [4.78, 5) is 25.1. The Morgan fingerprint density at radius 3 is 2.53 bits per heavy atom. The first-order valence-electron chi connectivity index (χ1n) is 9.17. The highest BCUT2D eigenvalue weighted by molar-refractivity contribution is 9.10. The van der Waals surface area contributed by atoms with Crippen LogP contribution in [0.3, 0.4) is 0 Å². The number of aromatic hydroxyl groups is 1. The van der Waals surface area contributed by atoms with Gasteiger partial charge in [0, 0.05) is 20.6 Å². The molecular weight excluding hydrogens is 474 g/mol. The SMILES string of the molecule is COc1cc(Br)cc(C=NNC(=O)C(CC(C)C)NC(=O)c2ccc(Cl)cc2)c1O. The summed E-state index contributed by atoms with van der Waals surface area (Å²) in [5.74, 6) is -0.526. The lowest BCUT2D eigenvalue weighted by Gasteiger charge is -2.19. The molecule has 30 heavy (non-hydrogen) atoms. The van der Waals surface area contributed by atoms with Crippen LogP contribution in [0.4, 0.5) is 0 Å². The van der Waals surface area contributed by atoms with Crippen LogP contribution in [0.1, 0.15) is 36.2 Å². The molecule has 0 saturated heterocycles. The number of methoxy groups -OCH3 is 1. The molecule has 2 rings (SSSR count). The van der Waals surface area contributed by atoms with Gasteiger partial charge in [-0.2, -0.15) is 5.10 Å². The number of ether oxygens (including phenoxy) is 1. The van der Waals surface area contributed by atoms with E-state index in [0.29, 0.717) is 27.0 Å². The number of nitrogens with zero attached hydrogens (tertiary/aromatic N) is 1. The maximum Gasteiger partial charge on any atom is 0.262 e. The number of hydrazone groups is 1. The van der Waals surface area contributed by atoms with Crippen molar-refractivity contribution >= 4 is 45.6 Å². The number of carbonyl (C=O) groups is 2. The van der Waals surface area contributed by atoms with Crippen LogP contribution < -0.4 is 15.5 Å². The number of halogens is 2. The molecule has 0 bridgehead atoms. The monoisotopic (exact) mass is 495 g/mol. The fraction of sp³-hybridized carbons (Fsp3) is 0.286. The van der Waals surface area contributed by atoms with Crippen LogP contribution in [0.5, 0.6) is 11.5 Å². The number of benzene rings is 2. The van der Waals surface area contributed by atoms with Crippen LogP contribution in [-0.4, -0.2) is 36.3 Å². The van der Waals surface area contributed by atoms with E-state index in [1.165, 1.54) is 13.3 Å². The van der Waals surface area contributed by atoms with Crippen molar-refractivity contribution in [3.8, 4) is 11.5 Å². The van der Waals surface area contributed by atoms with Gasteiger partial charge in [0.15, 0.2) is 11.5 Å². The molecule has 2 aromatic carbocycles. The van der Waals surface area contributed by atoms with Gasteiger partial charge >= 0.3 is 0 Å². The number of amides is 2. The predicted octanol–water partition coefficient (Wildman–Crippen LogP) is 4.11. The fourth-order valence-corrected chi connectivity index (χ4v) is 3.22. The number of hydrogen-bond acceptors (Lipinski definition) is 5. The third kappa shape index (κ3) is 6.74. The van der Waals surface area contributed by atoms with E-state index < -0.39 is 11.9 Å². The van der Waals surface area contributed by atoms with Crippen LogP contribution in [-0.2, 0) is 4.79 Å². The molecule has 0 aliphatic heterocycles. The van der Waals surface area contributed by atoms with Crippen LogP contribution in [0.2, 0.25) is 5.02 Å². The van der Waals surface area contributed by atoms with Gasteiger partial charge in [-0.25, -0.2) is 5.43 Å². The summed E-state index contributed by atoms with van der Waals surface area (Å²) in [6, 6.07) is 8.84. The average molecular weight is 497 g/mol. The van der Waals surface area contributed by atoms with Crippen molar-refractivity contribution in [2.24, 2.45) is 11.0 Å². The number of carbonyl (C=O) groups excluding carboxylic acids is 2. The average Bonchev–Trinajstić information content (AvgIpc) is 2.69. The van der Waals surface area contributed by atoms with Crippen LogP contribution >= 0.6 is 27.5 Å². The lowest BCUT2D eigenvalue weighted by Crippen LogP contribution is -2.46. The quantitative estimate of drug-likeness (QED) is 0.378. The number of phenolic OH excluding ortho intramolecular Hbond substituents is 1. The van der Waals surface area contributed by atoms with Crippen molar-refractivity contribution in [3.63, 3.8) is 0 Å². The van der Waals surface area contributed by atoms with Crippen molar-refractivity contribution in [2.75, 3.05) is 7.11 Å². The van der Waals surface area contributed by atoms with E-state index in [2.05, 4.69) is 31.8 Å². The summed E-state index contributed by atoms with van der Waals surface area (Å²) < 4.78 is 5.76. The number of nitrogens with one attached hydrogen (secondary N) is 2. The summed E-state index contributed by atoms with van der Waals surface area (Å²) in [5.41, 5.74) is 3.17. The van der Waals surface area contributed by atoms with Crippen molar-refractivity contribution < 1.29 is 19.4 Å². The second-order valence-electron chi connectivity index (χ2n) is 6.94. The van der Waals surface area contributed by atoms with Crippen LogP contribution in [0.15, 0.2) is 46.0 Å². The Bertz CT molecular complexity index is 933. The molecule has 2 aromatic rings. The first-order valence-corrected chi connectivity index (χ1v) is 10.3. The topological polar surface area (TPSA) is 100 Å². The Balaban J connectivity index is 2.10. The zero-order valence-electron chi connectivity index (χ0n) is 16.8. The van der Waals surface area contributed by atoms with Crippen LogP contribution in [0, 0.1) is 5.92 Å². The van der Waals surface area contributed by atoms with Gasteiger partial charge < -0.3 is 15.2 Å². The van der Waals surface area contributed by atoms with Gasteiger partial charge in [0.05, 0.1) is 13.3 Å². The molecule has 0 spiro atoms. The molecule has 0 aliphatic carbocycles. The normalized spacial score (nSPS) is 12.1. The summed E-state index contributed by atoms with van der Waals surface area (Å²) in [6.45, 7) is 3.90. The van der Waals surface area contributed by atoms with E-state index in [-0.39, 0.29) is 23.3 Å². The standard InChI is InChI=1S/C21H23BrClN3O4/c1-12(2)8-17(25-20(28)13-4-6-16(23)7-5-13)21(29)26-24-11-14-9-15(22)10-18(30-3)19(14)27/h4-7,9-12,17,27H,8H2,1-3H3,(H,25,28)(H,26,29). The van der Waals surface area contributed by atoms with Gasteiger partial charge in [-0.1, -0.05) is 41.4 Å². The molecule has 1 atom stereocenters. The summed E-state index contributed by atoms with van der Waals surface area (Å²) in [5, 5.41) is 17.3. The second-order valence-corrected chi connectivity index (χ2v) is 8.29. The summed E-state index contributed by atoms with van der Waals surface area (Å²) in [6.07, 6.45) is 1.73. The Kier molecular flexibility index (Phi) is 8.68. The molecule has 3 N–H and O–H groups in total. The molecule has 0 aliphatic rings. The molecule has 0 radical (unpaired) electrons. The van der Waals surface area contributed by atoms with Gasteiger partial charge in [-0.3, -0.25) is 9.59 Å². The Hall–Kier alpha value is -2.58. The maximum atomic E-state index is 12.6. The molecule has 0 heterocycles. The summed E-state index contributed by atoms with van der Waals surface area (Å²) in [7, 11) is 1.43. The maximum absolute atomic E-state index is 12.6. The third-order valence-corrected chi connectivity index (χ3v) is 4.81. The molecule has 0 saturated carbocycles. The van der Waals surface area contributed by atoms with E-state index in [1.807, 2.05) is 13.8 Å². The second kappa shape index (κ2) is 11.0. The first-order chi connectivity index (χ1) is 14.2. The smallest absolute Gasteiger partial charge is 0.262 e. The number of hydrogen-bond donors (Lipinski definition) is 3. The molecule has 0 fully saturated rings. The van der Waals surface area contributed by atoms with Gasteiger partial charge in [-0.05, 0) is 48.7 Å². The van der Waals surface area contributed by atoms with E-state index in [9.17, 15) is 14.7 Å². The Morgan fingerprint density at radius 1 is 1.27 bits per heavy atom. The lowest BCUT2D eigenvalue weighted by atomic mass is 10.0. The predicted molar refractivity (Wildman–Crippen MR) is 120 cm³/mol. The van der Waals surface area contributed by atoms with Crippen LogP contribution in [0.25, 0.3) is 0 Å². The minimum absolute atomic E-state index is 0.103. The van der Waals surface area contributed by atoms with Gasteiger partial charge in [0.1, 0.15) is 6.04 Å². The molecule has 160 valence electrons. The Morgan fingerprint density at radius 2 is 1.93 bits per heavy atom. The lowest BCUT2D eigenvalue weighted by molar-refractivity contribution is -0.123. The van der Waals surface area contributed by atoms with E-state index in [0.717, 1.165) is 0 Å². The third-order valence-electron chi connectivity index (χ3n) is 4.10. The van der Waals surface area contributed by atoms with Crippen molar-refractivity contribution in [3.05, 3.63) is 57.0 Å². The zero-order chi connectivity index (χ0) is 22.3. The van der Waals surface area contributed by atoms with E-state index in [1.54, 1.807) is 36.4 Å². The van der Waals surface area contributed by atoms with E-state index >= 15 is 0 Å². The molecule has 7 nitrogen and oxygen atoms in total. The van der Waals surface area contributed by atoms with Crippen molar-refractivity contribution in [2.45, 2.75) is 26.3 Å². The highest BCUT2D eigenvalue weighted by atomic mass is 79.9. The molecular formula is C21H23BrClN3O4. The fourth-order valence-electron chi connectivity index (χ4n) is 2.64. The van der Waals surface area contributed by atoms with Gasteiger partial charge in [-0.15, -0.1) is 0 Å². The van der Waals surface area contributed by atoms with Crippen molar-refractivity contribution in [1.82, 2.24) is 10.7 Å². The molecule has 9 heteroatoms. The minimum Gasteiger partial charge on any atom is -0.504 e. The highest BCUT2D eigenvalue weighted by Gasteiger charge is 2.22. The number of rotatable bonds is 8. The molecule has 0 aromatic heterocycles. The zero-order valence-corrected chi connectivity index (χ0v) is 19.1. The largest absolute Gasteiger partial charge is 0.504 e. The first kappa shape index (κ1) is 23.7. The highest BCUT2D eigenvalue weighted by Crippen LogP contribution is 2.32. The summed E-state index contributed by atoms with van der Waals surface area (Å²) >= 11 is 9.17. The van der Waals surface area contributed by atoms with E-state index in [4.69, 9.17) is 16.3 Å². The molecule has 1 unspecified atom stereocenters. The van der Waals surface area contributed by atoms with Gasteiger partial charge in [0.2, 0.25) is 0 Å². The minimum atomic E-state index is -0.782.